The minimum atomic E-state index is -0.651. The lowest BCUT2D eigenvalue weighted by Crippen LogP contribution is -2.52. The average Bonchev–Trinajstić information content (AvgIpc) is 3.10. The molecular formula is C24H25N3O4. The molecular weight excluding hydrogens is 394 g/mol. The van der Waals surface area contributed by atoms with E-state index in [-0.39, 0.29) is 37.2 Å². The number of hydrogen-bond donors (Lipinski definition) is 2. The number of carbonyl (C=O) groups excluding carboxylic acids is 4. The van der Waals surface area contributed by atoms with E-state index >= 15 is 0 Å². The second-order valence-corrected chi connectivity index (χ2v) is 7.97. The summed E-state index contributed by atoms with van der Waals surface area (Å²) in [4.78, 5) is 50.6. The molecule has 0 aromatic heterocycles. The van der Waals surface area contributed by atoms with Crippen molar-refractivity contribution in [1.29, 1.82) is 0 Å². The summed E-state index contributed by atoms with van der Waals surface area (Å²) in [6.07, 6.45) is 2.58. The number of fused-ring (bicyclic) bond motifs is 1. The van der Waals surface area contributed by atoms with Gasteiger partial charge in [-0.05, 0) is 47.7 Å². The zero-order valence-electron chi connectivity index (χ0n) is 17.4. The number of rotatable bonds is 6. The van der Waals surface area contributed by atoms with Crippen LogP contribution in [0.15, 0.2) is 42.5 Å². The number of nitrogens with one attached hydrogen (secondary N) is 2. The predicted molar refractivity (Wildman–Crippen MR) is 114 cm³/mol. The summed E-state index contributed by atoms with van der Waals surface area (Å²) in [7, 11) is 0. The standard InChI is InChI=1S/C24H25N3O4/c1-2-4-15-7-9-16(10-8-15)22(29)25-13-17-5-3-6-18-19(17)14-27(24(18)31)20-11-12-21(28)26-23(20)30/h3,5-10,20H,2,4,11-14H2,1H3,(H,25,29)(H,26,28,30). The van der Waals surface area contributed by atoms with E-state index in [0.717, 1.165) is 24.0 Å². The predicted octanol–water partition coefficient (Wildman–Crippen LogP) is 2.33. The topological polar surface area (TPSA) is 95.6 Å². The molecule has 1 atom stereocenters. The molecule has 4 rings (SSSR count). The van der Waals surface area contributed by atoms with Crippen molar-refractivity contribution in [1.82, 2.24) is 15.5 Å². The lowest BCUT2D eigenvalue weighted by atomic mass is 10.0. The van der Waals surface area contributed by atoms with Gasteiger partial charge in [0.2, 0.25) is 11.8 Å². The number of benzene rings is 2. The molecule has 0 radical (unpaired) electrons. The van der Waals surface area contributed by atoms with Gasteiger partial charge in [0, 0.05) is 30.6 Å². The van der Waals surface area contributed by atoms with E-state index in [9.17, 15) is 19.2 Å². The highest BCUT2D eigenvalue weighted by Crippen LogP contribution is 2.29. The zero-order chi connectivity index (χ0) is 22.0. The van der Waals surface area contributed by atoms with Crippen molar-refractivity contribution in [2.75, 3.05) is 0 Å². The molecule has 2 aliphatic rings. The van der Waals surface area contributed by atoms with E-state index in [4.69, 9.17) is 0 Å². The molecule has 0 aliphatic carbocycles. The normalized spacial score (nSPS) is 18.0. The molecule has 0 saturated carbocycles. The molecule has 7 nitrogen and oxygen atoms in total. The molecule has 4 amide bonds. The van der Waals surface area contributed by atoms with Crippen LogP contribution in [0, 0.1) is 0 Å². The van der Waals surface area contributed by atoms with Gasteiger partial charge in [0.15, 0.2) is 0 Å². The van der Waals surface area contributed by atoms with Gasteiger partial charge < -0.3 is 10.2 Å². The van der Waals surface area contributed by atoms with Crippen molar-refractivity contribution in [3.8, 4) is 0 Å². The second kappa shape index (κ2) is 8.71. The van der Waals surface area contributed by atoms with Crippen LogP contribution in [-0.4, -0.2) is 34.6 Å². The number of hydrogen-bond acceptors (Lipinski definition) is 4. The lowest BCUT2D eigenvalue weighted by molar-refractivity contribution is -0.136. The van der Waals surface area contributed by atoms with Crippen LogP contribution in [0.4, 0.5) is 0 Å². The third kappa shape index (κ3) is 4.21. The van der Waals surface area contributed by atoms with E-state index in [1.165, 1.54) is 10.5 Å². The Kier molecular flexibility index (Phi) is 5.84. The molecule has 2 heterocycles. The summed E-state index contributed by atoms with van der Waals surface area (Å²) in [5.74, 6) is -1.13. The summed E-state index contributed by atoms with van der Waals surface area (Å²) in [6, 6.07) is 12.3. The first-order valence-corrected chi connectivity index (χ1v) is 10.6. The number of carbonyl (C=O) groups is 4. The van der Waals surface area contributed by atoms with Gasteiger partial charge in [-0.15, -0.1) is 0 Å². The summed E-state index contributed by atoms with van der Waals surface area (Å²) in [5, 5.41) is 5.24. The van der Waals surface area contributed by atoms with Crippen LogP contribution in [0.25, 0.3) is 0 Å². The minimum Gasteiger partial charge on any atom is -0.348 e. The fraction of sp³-hybridized carbons (Fsp3) is 0.333. The molecule has 2 aromatic rings. The van der Waals surface area contributed by atoms with Crippen molar-refractivity contribution in [3.63, 3.8) is 0 Å². The van der Waals surface area contributed by atoms with Crippen LogP contribution >= 0.6 is 0 Å². The minimum absolute atomic E-state index is 0.174. The van der Waals surface area contributed by atoms with Crippen molar-refractivity contribution >= 4 is 23.6 Å². The molecule has 2 N–H and O–H groups in total. The highest BCUT2D eigenvalue weighted by Gasteiger charge is 2.39. The Morgan fingerprint density at radius 3 is 2.61 bits per heavy atom. The Morgan fingerprint density at radius 1 is 1.13 bits per heavy atom. The SMILES string of the molecule is CCCc1ccc(C(=O)NCc2cccc3c2CN(C2CCC(=O)NC2=O)C3=O)cc1. The third-order valence-electron chi connectivity index (χ3n) is 5.87. The number of imide groups is 1. The van der Waals surface area contributed by atoms with Crippen molar-refractivity contribution < 1.29 is 19.2 Å². The third-order valence-corrected chi connectivity index (χ3v) is 5.87. The highest BCUT2D eigenvalue weighted by molar-refractivity contribution is 6.05. The van der Waals surface area contributed by atoms with Crippen molar-refractivity contribution in [2.24, 2.45) is 0 Å². The molecule has 1 saturated heterocycles. The summed E-state index contributed by atoms with van der Waals surface area (Å²) >= 11 is 0. The van der Waals surface area contributed by atoms with Crippen molar-refractivity contribution in [2.45, 2.75) is 51.7 Å². The van der Waals surface area contributed by atoms with Crippen LogP contribution in [0.1, 0.15) is 63.6 Å². The highest BCUT2D eigenvalue weighted by atomic mass is 16.2. The van der Waals surface area contributed by atoms with Gasteiger partial charge >= 0.3 is 0 Å². The smallest absolute Gasteiger partial charge is 0.255 e. The number of nitrogens with zero attached hydrogens (tertiary/aromatic N) is 1. The fourth-order valence-corrected chi connectivity index (χ4v) is 4.20. The average molecular weight is 419 g/mol. The Balaban J connectivity index is 1.45. The van der Waals surface area contributed by atoms with Crippen LogP contribution in [0.2, 0.25) is 0 Å². The number of aryl methyl sites for hydroxylation is 1. The monoisotopic (exact) mass is 419 g/mol. The number of amides is 4. The summed E-state index contributed by atoms with van der Waals surface area (Å²) in [6.45, 7) is 2.69. The maximum absolute atomic E-state index is 12.9. The summed E-state index contributed by atoms with van der Waals surface area (Å²) in [5.41, 5.74) is 3.99. The number of piperidine rings is 1. The largest absolute Gasteiger partial charge is 0.348 e. The fourth-order valence-electron chi connectivity index (χ4n) is 4.20. The molecule has 2 aliphatic heterocycles. The lowest BCUT2D eigenvalue weighted by Gasteiger charge is -2.29. The van der Waals surface area contributed by atoms with Gasteiger partial charge in [-0.1, -0.05) is 37.6 Å². The molecule has 2 aromatic carbocycles. The molecule has 160 valence electrons. The van der Waals surface area contributed by atoms with Gasteiger partial charge in [0.1, 0.15) is 6.04 Å². The zero-order valence-corrected chi connectivity index (χ0v) is 17.4. The Labute approximate surface area is 180 Å². The second-order valence-electron chi connectivity index (χ2n) is 7.97. The van der Waals surface area contributed by atoms with Gasteiger partial charge in [-0.25, -0.2) is 0 Å². The molecule has 1 unspecified atom stereocenters. The van der Waals surface area contributed by atoms with Gasteiger partial charge in [0.05, 0.1) is 0 Å². The van der Waals surface area contributed by atoms with Crippen molar-refractivity contribution in [3.05, 3.63) is 70.3 Å². The van der Waals surface area contributed by atoms with E-state index in [0.29, 0.717) is 17.5 Å². The van der Waals surface area contributed by atoms with E-state index in [1.807, 2.05) is 30.3 Å². The van der Waals surface area contributed by atoms with Crippen LogP contribution in [0.3, 0.4) is 0 Å². The Hall–Kier alpha value is -3.48. The van der Waals surface area contributed by atoms with Gasteiger partial charge in [-0.2, -0.15) is 0 Å². The Bertz CT molecular complexity index is 1050. The first-order chi connectivity index (χ1) is 15.0. The maximum Gasteiger partial charge on any atom is 0.255 e. The Morgan fingerprint density at radius 2 is 1.90 bits per heavy atom. The quantitative estimate of drug-likeness (QED) is 0.703. The van der Waals surface area contributed by atoms with Crippen LogP contribution in [0.5, 0.6) is 0 Å². The van der Waals surface area contributed by atoms with Crippen LogP contribution < -0.4 is 10.6 Å². The molecule has 31 heavy (non-hydrogen) atoms. The van der Waals surface area contributed by atoms with Crippen LogP contribution in [-0.2, 0) is 29.1 Å². The maximum atomic E-state index is 12.9. The molecule has 0 bridgehead atoms. The molecule has 0 spiro atoms. The first kappa shape index (κ1) is 20.8. The summed E-state index contributed by atoms with van der Waals surface area (Å²) < 4.78 is 0. The first-order valence-electron chi connectivity index (χ1n) is 10.6. The molecule has 1 fully saturated rings. The van der Waals surface area contributed by atoms with Gasteiger partial charge in [-0.3, -0.25) is 24.5 Å². The molecule has 7 heteroatoms. The van der Waals surface area contributed by atoms with E-state index < -0.39 is 11.9 Å². The van der Waals surface area contributed by atoms with Gasteiger partial charge in [0.25, 0.3) is 11.8 Å². The van der Waals surface area contributed by atoms with E-state index in [1.54, 1.807) is 12.1 Å². The van der Waals surface area contributed by atoms with E-state index in [2.05, 4.69) is 17.6 Å².